The van der Waals surface area contributed by atoms with E-state index >= 15 is 0 Å². The van der Waals surface area contributed by atoms with Crippen molar-refractivity contribution < 1.29 is 9.50 Å². The van der Waals surface area contributed by atoms with Gasteiger partial charge in [0.05, 0.1) is 0 Å². The number of hydrogen-bond acceptors (Lipinski definition) is 2. The zero-order chi connectivity index (χ0) is 10.8. The van der Waals surface area contributed by atoms with E-state index in [0.717, 1.165) is 18.5 Å². The van der Waals surface area contributed by atoms with Crippen molar-refractivity contribution in [2.75, 3.05) is 20.2 Å². The van der Waals surface area contributed by atoms with Crippen LogP contribution in [0.25, 0.3) is 0 Å². The van der Waals surface area contributed by atoms with E-state index in [1.165, 1.54) is 12.1 Å². The molecule has 1 aliphatic heterocycles. The first-order valence-corrected chi connectivity index (χ1v) is 5.27. The van der Waals surface area contributed by atoms with Gasteiger partial charge in [0.2, 0.25) is 0 Å². The van der Waals surface area contributed by atoms with Crippen LogP contribution in [0, 0.1) is 11.7 Å². The second-order valence-corrected chi connectivity index (χ2v) is 4.29. The summed E-state index contributed by atoms with van der Waals surface area (Å²) in [6.45, 7) is 1.15. The minimum Gasteiger partial charge on any atom is -0.396 e. The average Bonchev–Trinajstić information content (AvgIpc) is 2.61. The first-order chi connectivity index (χ1) is 7.20. The first kappa shape index (κ1) is 10.6. The lowest BCUT2D eigenvalue weighted by molar-refractivity contribution is 0.227. The monoisotopic (exact) mass is 209 g/mol. The fourth-order valence-corrected chi connectivity index (χ4v) is 2.31. The molecular weight excluding hydrogens is 193 g/mol. The van der Waals surface area contributed by atoms with Crippen LogP contribution in [0.2, 0.25) is 0 Å². The van der Waals surface area contributed by atoms with E-state index in [-0.39, 0.29) is 12.4 Å². The highest BCUT2D eigenvalue weighted by atomic mass is 19.1. The van der Waals surface area contributed by atoms with Crippen LogP contribution in [0.3, 0.4) is 0 Å². The molecule has 3 heteroatoms. The Kier molecular flexibility index (Phi) is 3.03. The molecule has 1 aliphatic rings. The molecule has 2 unspecified atom stereocenters. The van der Waals surface area contributed by atoms with Gasteiger partial charge in [0.15, 0.2) is 0 Å². The zero-order valence-corrected chi connectivity index (χ0v) is 8.86. The molecule has 0 aromatic heterocycles. The lowest BCUT2D eigenvalue weighted by Crippen LogP contribution is -2.18. The van der Waals surface area contributed by atoms with Crippen LogP contribution in [0.15, 0.2) is 24.3 Å². The summed E-state index contributed by atoms with van der Waals surface area (Å²) >= 11 is 0. The fraction of sp³-hybridized carbons (Fsp3) is 0.500. The quantitative estimate of drug-likeness (QED) is 0.803. The van der Waals surface area contributed by atoms with Crippen LogP contribution in [-0.2, 0) is 0 Å². The number of likely N-dealkylation sites (tertiary alicyclic amines) is 1. The van der Waals surface area contributed by atoms with Crippen LogP contribution in [0.5, 0.6) is 0 Å². The highest BCUT2D eigenvalue weighted by Crippen LogP contribution is 2.33. The smallest absolute Gasteiger partial charge is 0.123 e. The Bertz CT molecular complexity index is 325. The van der Waals surface area contributed by atoms with Gasteiger partial charge in [-0.3, -0.25) is 4.90 Å². The van der Waals surface area contributed by atoms with Gasteiger partial charge >= 0.3 is 0 Å². The van der Waals surface area contributed by atoms with Gasteiger partial charge in [0.1, 0.15) is 5.82 Å². The maximum absolute atomic E-state index is 12.8. The third-order valence-corrected chi connectivity index (χ3v) is 3.15. The Balaban J connectivity index is 2.14. The van der Waals surface area contributed by atoms with Crippen LogP contribution in [0.1, 0.15) is 18.0 Å². The van der Waals surface area contributed by atoms with E-state index in [0.29, 0.717) is 12.0 Å². The predicted molar refractivity (Wildman–Crippen MR) is 57.0 cm³/mol. The minimum atomic E-state index is -0.196. The first-order valence-electron chi connectivity index (χ1n) is 5.27. The number of aliphatic hydroxyl groups is 1. The summed E-state index contributed by atoms with van der Waals surface area (Å²) in [7, 11) is 2.05. The second-order valence-electron chi connectivity index (χ2n) is 4.29. The van der Waals surface area contributed by atoms with Gasteiger partial charge in [-0.15, -0.1) is 0 Å². The molecule has 0 bridgehead atoms. The molecule has 2 nitrogen and oxygen atoms in total. The van der Waals surface area contributed by atoms with Crippen molar-refractivity contribution in [2.45, 2.75) is 12.5 Å². The van der Waals surface area contributed by atoms with Gasteiger partial charge in [-0.25, -0.2) is 4.39 Å². The summed E-state index contributed by atoms with van der Waals surface area (Å²) in [6.07, 6.45) is 0.957. The third-order valence-electron chi connectivity index (χ3n) is 3.15. The van der Waals surface area contributed by atoms with Crippen LogP contribution < -0.4 is 0 Å². The molecule has 82 valence electrons. The molecule has 2 atom stereocenters. The molecule has 0 amide bonds. The molecule has 0 spiro atoms. The summed E-state index contributed by atoms with van der Waals surface area (Å²) < 4.78 is 12.8. The molecule has 1 aromatic rings. The molecule has 15 heavy (non-hydrogen) atoms. The molecule has 0 radical (unpaired) electrons. The van der Waals surface area contributed by atoms with Gasteiger partial charge in [0.25, 0.3) is 0 Å². The van der Waals surface area contributed by atoms with Crippen molar-refractivity contribution >= 4 is 0 Å². The summed E-state index contributed by atoms with van der Waals surface area (Å²) in [5, 5.41) is 9.11. The van der Waals surface area contributed by atoms with Crippen molar-refractivity contribution in [1.29, 1.82) is 0 Å². The highest BCUT2D eigenvalue weighted by molar-refractivity contribution is 5.21. The van der Waals surface area contributed by atoms with Crippen molar-refractivity contribution in [1.82, 2.24) is 4.90 Å². The third kappa shape index (κ3) is 2.19. The van der Waals surface area contributed by atoms with E-state index < -0.39 is 0 Å². The lowest BCUT2D eigenvalue weighted by Gasteiger charge is -2.19. The number of rotatable bonds is 2. The highest BCUT2D eigenvalue weighted by Gasteiger charge is 2.29. The Labute approximate surface area is 89.3 Å². The minimum absolute atomic E-state index is 0.196. The van der Waals surface area contributed by atoms with Gasteiger partial charge in [0, 0.05) is 19.2 Å². The number of halogens is 1. The van der Waals surface area contributed by atoms with Crippen molar-refractivity contribution in [3.63, 3.8) is 0 Å². The van der Waals surface area contributed by atoms with E-state index in [1.54, 1.807) is 0 Å². The van der Waals surface area contributed by atoms with Gasteiger partial charge in [-0.1, -0.05) is 12.1 Å². The summed E-state index contributed by atoms with van der Waals surface area (Å²) in [5.41, 5.74) is 1.13. The predicted octanol–water partition coefficient (Wildman–Crippen LogP) is 1.81. The molecule has 2 rings (SSSR count). The van der Waals surface area contributed by atoms with Gasteiger partial charge in [-0.2, -0.15) is 0 Å². The number of nitrogens with zero attached hydrogens (tertiary/aromatic N) is 1. The molecule has 1 N–H and O–H groups in total. The average molecular weight is 209 g/mol. The molecule has 0 aliphatic carbocycles. The van der Waals surface area contributed by atoms with Crippen LogP contribution >= 0.6 is 0 Å². The van der Waals surface area contributed by atoms with Crippen molar-refractivity contribution in [3.05, 3.63) is 35.6 Å². The fourth-order valence-electron chi connectivity index (χ4n) is 2.31. The summed E-state index contributed by atoms with van der Waals surface area (Å²) in [4.78, 5) is 2.22. The van der Waals surface area contributed by atoms with Crippen LogP contribution in [0.4, 0.5) is 4.39 Å². The normalized spacial score (nSPS) is 27.1. The summed E-state index contributed by atoms with van der Waals surface area (Å²) in [5.74, 6) is 0.156. The topological polar surface area (TPSA) is 23.5 Å². The largest absolute Gasteiger partial charge is 0.396 e. The molecule has 0 saturated carbocycles. The Morgan fingerprint density at radius 2 is 2.07 bits per heavy atom. The molecule has 1 fully saturated rings. The molecule has 1 heterocycles. The molecule has 1 aromatic carbocycles. The number of hydrogen-bond donors (Lipinski definition) is 1. The van der Waals surface area contributed by atoms with Crippen LogP contribution in [-0.4, -0.2) is 30.2 Å². The SMILES string of the molecule is CN1CC(CO)CC1c1ccc(F)cc1. The maximum Gasteiger partial charge on any atom is 0.123 e. The Morgan fingerprint density at radius 1 is 1.40 bits per heavy atom. The van der Waals surface area contributed by atoms with E-state index in [2.05, 4.69) is 4.90 Å². The zero-order valence-electron chi connectivity index (χ0n) is 8.86. The molecular formula is C12H16FNO. The maximum atomic E-state index is 12.8. The second kappa shape index (κ2) is 4.29. The van der Waals surface area contributed by atoms with Gasteiger partial charge < -0.3 is 5.11 Å². The van der Waals surface area contributed by atoms with E-state index in [4.69, 9.17) is 5.11 Å². The van der Waals surface area contributed by atoms with E-state index in [1.807, 2.05) is 19.2 Å². The van der Waals surface area contributed by atoms with Crippen molar-refractivity contribution in [3.8, 4) is 0 Å². The lowest BCUT2D eigenvalue weighted by atomic mass is 10.0. The number of benzene rings is 1. The van der Waals surface area contributed by atoms with Gasteiger partial charge in [-0.05, 0) is 37.1 Å². The van der Waals surface area contributed by atoms with Crippen molar-refractivity contribution in [2.24, 2.45) is 5.92 Å². The Morgan fingerprint density at radius 3 is 2.60 bits per heavy atom. The number of aliphatic hydroxyl groups excluding tert-OH is 1. The van der Waals surface area contributed by atoms with E-state index in [9.17, 15) is 4.39 Å². The summed E-state index contributed by atoms with van der Waals surface area (Å²) in [6, 6.07) is 6.97. The Hall–Kier alpha value is -0.930. The standard InChI is InChI=1S/C12H16FNO/c1-14-7-9(8-15)6-12(14)10-2-4-11(13)5-3-10/h2-5,9,12,15H,6-8H2,1H3. The molecule has 1 saturated heterocycles.